The maximum Gasteiger partial charge on any atom is 0.337 e. The molecule has 10 heteroatoms. The van der Waals surface area contributed by atoms with Crippen molar-refractivity contribution in [3.05, 3.63) is 133 Å². The number of amidine groups is 1. The van der Waals surface area contributed by atoms with Crippen LogP contribution in [0.5, 0.6) is 17.2 Å². The number of nitrogens with zero attached hydrogens (tertiary/aromatic N) is 3. The lowest BCUT2D eigenvalue weighted by atomic mass is 10.1. The summed E-state index contributed by atoms with van der Waals surface area (Å²) in [5.41, 5.74) is 10.3. The summed E-state index contributed by atoms with van der Waals surface area (Å²) in [7, 11) is 3.06. The standard InChI is InChI=1S/C27H26N4O5.C9H13N.C2H6/c1-33-27(32)19-9-10-20(25(13-19)36-17-26(28)31-29)15-34-22-6-4-7-23(14-22)35-16-21-12-11-18-5-2-3-8-24(18)30-21;1-5-6-7-9(10-4)8(2)3;1-2/h2-14H,15-17,29H2,1H3,(H2,28,31);5-7H,1-2H2,3-4H3;1-2H3/b;7-6-,10-9?;. The van der Waals surface area contributed by atoms with E-state index in [1.165, 1.54) is 7.11 Å². The lowest BCUT2D eigenvalue weighted by Crippen LogP contribution is -2.23. The largest absolute Gasteiger partial charge is 0.489 e. The van der Waals surface area contributed by atoms with Gasteiger partial charge in [-0.25, -0.2) is 9.78 Å². The molecule has 0 unspecified atom stereocenters. The first-order valence-electron chi connectivity index (χ1n) is 15.3. The lowest BCUT2D eigenvalue weighted by molar-refractivity contribution is 0.0600. The summed E-state index contributed by atoms with van der Waals surface area (Å²) in [5.74, 6) is 6.45. The Morgan fingerprint density at radius 1 is 0.938 bits per heavy atom. The van der Waals surface area contributed by atoms with E-state index in [-0.39, 0.29) is 19.0 Å². The molecule has 1 heterocycles. The second-order valence-electron chi connectivity index (χ2n) is 9.75. The van der Waals surface area contributed by atoms with E-state index in [1.807, 2.05) is 87.5 Å². The number of fused-ring (bicyclic) bond motifs is 1. The van der Waals surface area contributed by atoms with Crippen molar-refractivity contribution in [2.75, 3.05) is 20.8 Å². The molecule has 0 radical (unpaired) electrons. The van der Waals surface area contributed by atoms with Crippen LogP contribution in [0.2, 0.25) is 0 Å². The molecule has 0 fully saturated rings. The third-order valence-corrected chi connectivity index (χ3v) is 6.34. The number of carbonyl (C=O) groups excluding carboxylic acids is 1. The van der Waals surface area contributed by atoms with Crippen LogP contribution in [0.1, 0.15) is 42.4 Å². The number of para-hydroxylation sites is 1. The molecule has 48 heavy (non-hydrogen) atoms. The Kier molecular flexibility index (Phi) is 16.7. The molecule has 10 nitrogen and oxygen atoms in total. The number of hydrazone groups is 1. The molecule has 0 aliphatic heterocycles. The molecule has 0 spiro atoms. The number of pyridine rings is 1. The first-order chi connectivity index (χ1) is 23.3. The highest BCUT2D eigenvalue weighted by Crippen LogP contribution is 2.26. The number of benzene rings is 3. The Bertz CT molecular complexity index is 1750. The second kappa shape index (κ2) is 21.0. The Labute approximate surface area is 283 Å². The average Bonchev–Trinajstić information content (AvgIpc) is 3.13. The van der Waals surface area contributed by atoms with Gasteiger partial charge in [-0.3, -0.25) is 4.99 Å². The molecule has 4 N–H and O–H groups in total. The number of rotatable bonds is 13. The van der Waals surface area contributed by atoms with Crippen molar-refractivity contribution in [1.82, 2.24) is 4.98 Å². The van der Waals surface area contributed by atoms with Crippen molar-refractivity contribution in [3.63, 3.8) is 0 Å². The lowest BCUT2D eigenvalue weighted by Gasteiger charge is -2.14. The van der Waals surface area contributed by atoms with Gasteiger partial charge in [-0.2, -0.15) is 5.10 Å². The van der Waals surface area contributed by atoms with E-state index >= 15 is 0 Å². The fourth-order valence-electron chi connectivity index (χ4n) is 3.97. The molecular weight excluding hydrogens is 606 g/mol. The van der Waals surface area contributed by atoms with Crippen molar-refractivity contribution in [2.45, 2.75) is 34.0 Å². The van der Waals surface area contributed by atoms with Gasteiger partial charge in [0.25, 0.3) is 0 Å². The summed E-state index contributed by atoms with van der Waals surface area (Å²) in [6, 6.07) is 24.1. The third kappa shape index (κ3) is 12.5. The SMILES string of the molecule is C=C/C=C\C(=NC)C(=C)C.CC.COC(=O)c1ccc(COc2cccc(OCc3ccc4ccccc4n3)c2)c(OC/C(N)=N/N)c1. The maximum absolute atomic E-state index is 11.9. The molecule has 0 aliphatic carbocycles. The number of hydrogen-bond donors (Lipinski definition) is 2. The second-order valence-corrected chi connectivity index (χ2v) is 9.75. The van der Waals surface area contributed by atoms with Gasteiger partial charge in [0, 0.05) is 24.1 Å². The number of aromatic nitrogens is 1. The zero-order valence-electron chi connectivity index (χ0n) is 28.3. The third-order valence-electron chi connectivity index (χ3n) is 6.34. The minimum absolute atomic E-state index is 0.0414. The van der Waals surface area contributed by atoms with Crippen molar-refractivity contribution >= 4 is 28.4 Å². The Morgan fingerprint density at radius 2 is 1.65 bits per heavy atom. The van der Waals surface area contributed by atoms with Crippen LogP contribution in [0, 0.1) is 0 Å². The van der Waals surface area contributed by atoms with E-state index in [9.17, 15) is 4.79 Å². The zero-order valence-corrected chi connectivity index (χ0v) is 28.3. The van der Waals surface area contributed by atoms with Crippen LogP contribution >= 0.6 is 0 Å². The monoisotopic (exact) mass is 651 g/mol. The molecule has 0 amide bonds. The highest BCUT2D eigenvalue weighted by Gasteiger charge is 2.13. The van der Waals surface area contributed by atoms with Crippen LogP contribution < -0.4 is 25.8 Å². The van der Waals surface area contributed by atoms with Gasteiger partial charge in [-0.05, 0) is 55.0 Å². The summed E-state index contributed by atoms with van der Waals surface area (Å²) in [5, 5.41) is 4.47. The maximum atomic E-state index is 11.9. The first kappa shape index (κ1) is 38.3. The fourth-order valence-corrected chi connectivity index (χ4v) is 3.97. The molecule has 4 aromatic rings. The molecule has 0 saturated carbocycles. The highest BCUT2D eigenvalue weighted by molar-refractivity contribution is 6.07. The number of methoxy groups -OCH3 is 1. The fraction of sp³-hybridized carbons (Fsp3) is 0.211. The van der Waals surface area contributed by atoms with Gasteiger partial charge >= 0.3 is 5.97 Å². The van der Waals surface area contributed by atoms with Crippen LogP contribution in [0.4, 0.5) is 0 Å². The summed E-state index contributed by atoms with van der Waals surface area (Å²) < 4.78 is 22.4. The van der Waals surface area contributed by atoms with E-state index < -0.39 is 5.97 Å². The van der Waals surface area contributed by atoms with Crippen LogP contribution in [-0.4, -0.2) is 43.3 Å². The predicted octanol–water partition coefficient (Wildman–Crippen LogP) is 7.19. The topological polar surface area (TPSA) is 144 Å². The summed E-state index contributed by atoms with van der Waals surface area (Å²) in [4.78, 5) is 20.6. The minimum Gasteiger partial charge on any atom is -0.489 e. The number of ether oxygens (including phenoxy) is 4. The van der Waals surface area contributed by atoms with E-state index in [1.54, 1.807) is 37.4 Å². The number of esters is 1. The van der Waals surface area contributed by atoms with E-state index in [0.717, 1.165) is 27.9 Å². The smallest absolute Gasteiger partial charge is 0.337 e. The van der Waals surface area contributed by atoms with Crippen molar-refractivity contribution in [2.24, 2.45) is 21.7 Å². The first-order valence-corrected chi connectivity index (χ1v) is 15.3. The van der Waals surface area contributed by atoms with Crippen molar-refractivity contribution in [3.8, 4) is 17.2 Å². The van der Waals surface area contributed by atoms with Gasteiger partial charge < -0.3 is 30.5 Å². The number of carbonyl (C=O) groups is 1. The van der Waals surface area contributed by atoms with Gasteiger partial charge in [-0.1, -0.05) is 75.6 Å². The van der Waals surface area contributed by atoms with E-state index in [0.29, 0.717) is 35.0 Å². The predicted molar refractivity (Wildman–Crippen MR) is 195 cm³/mol. The zero-order chi connectivity index (χ0) is 35.3. The molecule has 0 saturated heterocycles. The highest BCUT2D eigenvalue weighted by atomic mass is 16.5. The molecule has 0 aliphatic rings. The Hall–Kier alpha value is -5.90. The molecular formula is C38H45N5O5. The van der Waals surface area contributed by atoms with Crippen LogP contribution in [0.25, 0.3) is 10.9 Å². The summed E-state index contributed by atoms with van der Waals surface area (Å²) >= 11 is 0. The molecule has 252 valence electrons. The van der Waals surface area contributed by atoms with E-state index in [2.05, 4.69) is 28.2 Å². The van der Waals surface area contributed by atoms with Crippen LogP contribution in [0.3, 0.4) is 0 Å². The minimum atomic E-state index is -0.487. The molecule has 1 aromatic heterocycles. The number of nitrogens with two attached hydrogens (primary N) is 2. The van der Waals surface area contributed by atoms with Crippen LogP contribution in [-0.2, 0) is 18.0 Å². The summed E-state index contributed by atoms with van der Waals surface area (Å²) in [6.07, 6.45) is 5.44. The van der Waals surface area contributed by atoms with Gasteiger partial charge in [0.05, 0.1) is 29.6 Å². The van der Waals surface area contributed by atoms with Gasteiger partial charge in [0.2, 0.25) is 0 Å². The summed E-state index contributed by atoms with van der Waals surface area (Å²) in [6.45, 7) is 13.7. The van der Waals surface area contributed by atoms with Gasteiger partial charge in [0.15, 0.2) is 5.84 Å². The average molecular weight is 652 g/mol. The Balaban J connectivity index is 0.000000573. The molecule has 4 rings (SSSR count). The molecule has 0 atom stereocenters. The normalized spacial score (nSPS) is 11.0. The van der Waals surface area contributed by atoms with E-state index in [4.69, 9.17) is 30.5 Å². The van der Waals surface area contributed by atoms with Gasteiger partial charge in [-0.15, -0.1) is 0 Å². The number of hydrogen-bond acceptors (Lipinski definition) is 9. The number of allylic oxidation sites excluding steroid dienone is 4. The van der Waals surface area contributed by atoms with Crippen molar-refractivity contribution < 1.29 is 23.7 Å². The quantitative estimate of drug-likeness (QED) is 0.0386. The molecule has 3 aromatic carbocycles. The van der Waals surface area contributed by atoms with Crippen molar-refractivity contribution in [1.29, 1.82) is 0 Å². The Morgan fingerprint density at radius 3 is 2.29 bits per heavy atom. The molecule has 0 bridgehead atoms. The number of aliphatic imine (C=N–C) groups is 1. The van der Waals surface area contributed by atoms with Crippen LogP contribution in [0.15, 0.2) is 126 Å². The van der Waals surface area contributed by atoms with Gasteiger partial charge in [0.1, 0.15) is 37.1 Å².